The number of halogens is 1. The van der Waals surface area contributed by atoms with Crippen molar-refractivity contribution in [2.75, 3.05) is 13.2 Å². The first kappa shape index (κ1) is 11.6. The van der Waals surface area contributed by atoms with Crippen LogP contribution in [-0.4, -0.2) is 25.0 Å². The van der Waals surface area contributed by atoms with Gasteiger partial charge in [0.1, 0.15) is 0 Å². The van der Waals surface area contributed by atoms with Crippen molar-refractivity contribution in [2.45, 2.75) is 13.0 Å². The summed E-state index contributed by atoms with van der Waals surface area (Å²) in [6.07, 6.45) is 0. The molecule has 0 spiro atoms. The van der Waals surface area contributed by atoms with E-state index in [1.165, 1.54) is 0 Å². The maximum absolute atomic E-state index is 12.3. The minimum Gasteiger partial charge on any atom is -0.379 e. The predicted molar refractivity (Wildman–Crippen MR) is 62.7 cm³/mol. The highest BCUT2D eigenvalue weighted by Gasteiger charge is 2.44. The third-order valence-corrected chi connectivity index (χ3v) is 3.36. The SMILES string of the molecule is CC1(C(=O)c2cccc(Cl)c2)COCC1N. The zero-order valence-electron chi connectivity index (χ0n) is 9.07. The molecule has 0 amide bonds. The zero-order valence-corrected chi connectivity index (χ0v) is 9.83. The summed E-state index contributed by atoms with van der Waals surface area (Å²) in [7, 11) is 0. The number of ether oxygens (including phenoxy) is 1. The summed E-state index contributed by atoms with van der Waals surface area (Å²) in [5, 5.41) is 0.557. The van der Waals surface area contributed by atoms with E-state index < -0.39 is 5.41 Å². The van der Waals surface area contributed by atoms with Crippen molar-refractivity contribution in [1.82, 2.24) is 0 Å². The van der Waals surface area contributed by atoms with Gasteiger partial charge in [-0.05, 0) is 19.1 Å². The second-order valence-corrected chi connectivity index (χ2v) is 4.81. The number of carbonyl (C=O) groups excluding carboxylic acids is 1. The molecule has 2 atom stereocenters. The van der Waals surface area contributed by atoms with Crippen LogP contribution in [0.25, 0.3) is 0 Å². The molecule has 1 aromatic rings. The van der Waals surface area contributed by atoms with Crippen molar-refractivity contribution in [3.63, 3.8) is 0 Å². The summed E-state index contributed by atoms with van der Waals surface area (Å²) in [6.45, 7) is 2.65. The molecule has 0 saturated carbocycles. The number of Topliss-reactive ketones (excluding diaryl/α,β-unsaturated/α-hetero) is 1. The molecule has 1 heterocycles. The molecule has 0 bridgehead atoms. The van der Waals surface area contributed by atoms with Gasteiger partial charge in [0.2, 0.25) is 0 Å². The maximum Gasteiger partial charge on any atom is 0.172 e. The zero-order chi connectivity index (χ0) is 11.8. The first-order chi connectivity index (χ1) is 7.54. The van der Waals surface area contributed by atoms with Crippen LogP contribution in [0.15, 0.2) is 24.3 Å². The lowest BCUT2D eigenvalue weighted by Crippen LogP contribution is -2.44. The van der Waals surface area contributed by atoms with E-state index in [1.54, 1.807) is 24.3 Å². The van der Waals surface area contributed by atoms with Gasteiger partial charge in [-0.15, -0.1) is 0 Å². The van der Waals surface area contributed by atoms with Gasteiger partial charge >= 0.3 is 0 Å². The second kappa shape index (κ2) is 4.17. The highest BCUT2D eigenvalue weighted by molar-refractivity contribution is 6.31. The molecule has 0 aliphatic carbocycles. The van der Waals surface area contributed by atoms with Crippen molar-refractivity contribution >= 4 is 17.4 Å². The van der Waals surface area contributed by atoms with Gasteiger partial charge in [-0.25, -0.2) is 0 Å². The molecule has 2 unspecified atom stereocenters. The second-order valence-electron chi connectivity index (χ2n) is 4.38. The van der Waals surface area contributed by atoms with Gasteiger partial charge in [0.05, 0.1) is 18.6 Å². The number of nitrogens with two attached hydrogens (primary N) is 1. The van der Waals surface area contributed by atoms with Crippen molar-refractivity contribution in [3.8, 4) is 0 Å². The van der Waals surface area contributed by atoms with Gasteiger partial charge in [0, 0.05) is 16.6 Å². The van der Waals surface area contributed by atoms with E-state index in [-0.39, 0.29) is 11.8 Å². The molecule has 16 heavy (non-hydrogen) atoms. The highest BCUT2D eigenvalue weighted by atomic mass is 35.5. The average molecular weight is 240 g/mol. The Labute approximate surface area is 99.5 Å². The van der Waals surface area contributed by atoms with Gasteiger partial charge in [-0.1, -0.05) is 23.7 Å². The lowest BCUT2D eigenvalue weighted by atomic mass is 9.78. The quantitative estimate of drug-likeness (QED) is 0.802. The monoisotopic (exact) mass is 239 g/mol. The molecule has 2 rings (SSSR count). The fourth-order valence-electron chi connectivity index (χ4n) is 1.88. The van der Waals surface area contributed by atoms with Crippen molar-refractivity contribution in [3.05, 3.63) is 34.9 Å². The summed E-state index contributed by atoms with van der Waals surface area (Å²) in [5.74, 6) is 0.000000000000000444. The smallest absolute Gasteiger partial charge is 0.172 e. The average Bonchev–Trinajstić information content (AvgIpc) is 2.59. The van der Waals surface area contributed by atoms with Gasteiger partial charge in [0.25, 0.3) is 0 Å². The first-order valence-corrected chi connectivity index (χ1v) is 5.55. The number of hydrogen-bond acceptors (Lipinski definition) is 3. The third-order valence-electron chi connectivity index (χ3n) is 3.12. The summed E-state index contributed by atoms with van der Waals surface area (Å²) in [4.78, 5) is 12.3. The van der Waals surface area contributed by atoms with Crippen molar-refractivity contribution in [1.29, 1.82) is 0 Å². The van der Waals surface area contributed by atoms with Crippen LogP contribution in [0.1, 0.15) is 17.3 Å². The molecular formula is C12H14ClNO2. The van der Waals surface area contributed by atoms with Crippen LogP contribution in [0.3, 0.4) is 0 Å². The van der Waals surface area contributed by atoms with Crippen LogP contribution in [0.2, 0.25) is 5.02 Å². The molecule has 86 valence electrons. The Balaban J connectivity index is 2.32. The van der Waals surface area contributed by atoms with E-state index in [0.717, 1.165) is 0 Å². The molecule has 3 nitrogen and oxygen atoms in total. The van der Waals surface area contributed by atoms with Crippen LogP contribution >= 0.6 is 11.6 Å². The molecule has 1 aliphatic rings. The highest BCUT2D eigenvalue weighted by Crippen LogP contribution is 2.31. The largest absolute Gasteiger partial charge is 0.379 e. The molecule has 4 heteroatoms. The van der Waals surface area contributed by atoms with Crippen molar-refractivity contribution in [2.24, 2.45) is 11.1 Å². The van der Waals surface area contributed by atoms with Gasteiger partial charge in [0.15, 0.2) is 5.78 Å². The van der Waals surface area contributed by atoms with Gasteiger partial charge in [-0.3, -0.25) is 4.79 Å². The Hall–Kier alpha value is -0.900. The van der Waals surface area contributed by atoms with Crippen LogP contribution in [0.5, 0.6) is 0 Å². The number of hydrogen-bond donors (Lipinski definition) is 1. The van der Waals surface area contributed by atoms with Crippen LogP contribution < -0.4 is 5.73 Å². The Kier molecular flexibility index (Phi) is 3.02. The summed E-state index contributed by atoms with van der Waals surface area (Å²) < 4.78 is 5.27. The molecule has 0 radical (unpaired) electrons. The van der Waals surface area contributed by atoms with E-state index in [2.05, 4.69) is 0 Å². The van der Waals surface area contributed by atoms with Crippen LogP contribution in [-0.2, 0) is 4.74 Å². The van der Waals surface area contributed by atoms with E-state index in [4.69, 9.17) is 22.1 Å². The maximum atomic E-state index is 12.3. The number of rotatable bonds is 2. The lowest BCUT2D eigenvalue weighted by molar-refractivity contribution is 0.0768. The lowest BCUT2D eigenvalue weighted by Gasteiger charge is -2.25. The molecule has 1 aromatic carbocycles. The van der Waals surface area contributed by atoms with Crippen LogP contribution in [0.4, 0.5) is 0 Å². The Morgan fingerprint density at radius 2 is 2.38 bits per heavy atom. The summed E-state index contributed by atoms with van der Waals surface area (Å²) >= 11 is 5.86. The Morgan fingerprint density at radius 1 is 1.62 bits per heavy atom. The standard InChI is InChI=1S/C12H14ClNO2/c1-12(7-16-6-10(12)14)11(15)8-3-2-4-9(13)5-8/h2-5,10H,6-7,14H2,1H3. The third kappa shape index (κ3) is 1.86. The Bertz CT molecular complexity index is 421. The predicted octanol–water partition coefficient (Wildman–Crippen LogP) is 1.89. The van der Waals surface area contributed by atoms with E-state index >= 15 is 0 Å². The minimum absolute atomic E-state index is 0.000000000000000444. The fraction of sp³-hybridized carbons (Fsp3) is 0.417. The van der Waals surface area contributed by atoms with Crippen LogP contribution in [0, 0.1) is 5.41 Å². The topological polar surface area (TPSA) is 52.3 Å². The molecule has 0 aromatic heterocycles. The first-order valence-electron chi connectivity index (χ1n) is 5.18. The van der Waals surface area contributed by atoms with Gasteiger partial charge in [-0.2, -0.15) is 0 Å². The molecule has 2 N–H and O–H groups in total. The van der Waals surface area contributed by atoms with E-state index in [9.17, 15) is 4.79 Å². The van der Waals surface area contributed by atoms with E-state index in [0.29, 0.717) is 23.8 Å². The Morgan fingerprint density at radius 3 is 2.94 bits per heavy atom. The number of carbonyl (C=O) groups is 1. The number of benzene rings is 1. The summed E-state index contributed by atoms with van der Waals surface area (Å²) in [6, 6.07) is 6.68. The fourth-order valence-corrected chi connectivity index (χ4v) is 2.07. The number of ketones is 1. The molecular weight excluding hydrogens is 226 g/mol. The molecule has 1 aliphatic heterocycles. The molecule has 1 fully saturated rings. The minimum atomic E-state index is -0.634. The van der Waals surface area contributed by atoms with Gasteiger partial charge < -0.3 is 10.5 Å². The van der Waals surface area contributed by atoms with E-state index in [1.807, 2.05) is 6.92 Å². The molecule has 1 saturated heterocycles. The normalized spacial score (nSPS) is 29.3. The van der Waals surface area contributed by atoms with Crippen molar-refractivity contribution < 1.29 is 9.53 Å². The summed E-state index contributed by atoms with van der Waals surface area (Å²) in [5.41, 5.74) is 5.87.